The number of H-pyrrole nitrogens is 1. The fourth-order valence-electron chi connectivity index (χ4n) is 3.80. The molecule has 0 atom stereocenters. The molecule has 1 amide bonds. The maximum absolute atomic E-state index is 13.3. The van der Waals surface area contributed by atoms with Gasteiger partial charge in [-0.25, -0.2) is 0 Å². The summed E-state index contributed by atoms with van der Waals surface area (Å²) in [6.45, 7) is 6.30. The van der Waals surface area contributed by atoms with E-state index in [4.69, 9.17) is 4.74 Å². The van der Waals surface area contributed by atoms with Crippen molar-refractivity contribution in [2.45, 2.75) is 51.6 Å². The third-order valence-electron chi connectivity index (χ3n) is 5.41. The minimum Gasteiger partial charge on any atom is -0.493 e. The van der Waals surface area contributed by atoms with Crippen LogP contribution in [-0.2, 0) is 23.3 Å². The lowest BCUT2D eigenvalue weighted by molar-refractivity contribution is -0.141. The highest BCUT2D eigenvalue weighted by molar-refractivity contribution is 5.89. The smallest absolute Gasteiger partial charge is 0.233 e. The van der Waals surface area contributed by atoms with Crippen LogP contribution in [0, 0.1) is 5.92 Å². The minimum atomic E-state index is -0.354. The number of benzene rings is 1. The van der Waals surface area contributed by atoms with Crippen LogP contribution in [-0.4, -0.2) is 27.6 Å². The predicted octanol–water partition coefficient (Wildman–Crippen LogP) is 3.41. The molecule has 1 saturated carbocycles. The number of fused-ring (bicyclic) bond motifs is 1. The van der Waals surface area contributed by atoms with E-state index in [1.165, 1.54) is 0 Å². The summed E-state index contributed by atoms with van der Waals surface area (Å²) in [5, 5.41) is 7.05. The highest BCUT2D eigenvalue weighted by Crippen LogP contribution is 2.46. The lowest BCUT2D eigenvalue weighted by Gasteiger charge is -2.43. The van der Waals surface area contributed by atoms with E-state index < -0.39 is 0 Å². The molecule has 1 aliphatic heterocycles. The maximum atomic E-state index is 13.3. The summed E-state index contributed by atoms with van der Waals surface area (Å²) < 4.78 is 5.77. The van der Waals surface area contributed by atoms with Crippen molar-refractivity contribution in [1.82, 2.24) is 15.1 Å². The second-order valence-electron chi connectivity index (χ2n) is 7.70. The normalized spacial score (nSPS) is 18.1. The molecular weight excluding hydrogens is 314 g/mol. The quantitative estimate of drug-likeness (QED) is 0.908. The first-order valence-electron chi connectivity index (χ1n) is 9.12. The molecule has 132 valence electrons. The molecule has 2 aromatic rings. The number of hydrogen-bond donors (Lipinski definition) is 1. The van der Waals surface area contributed by atoms with Crippen molar-refractivity contribution in [2.75, 3.05) is 6.61 Å². The average Bonchev–Trinajstić information content (AvgIpc) is 3.14. The summed E-state index contributed by atoms with van der Waals surface area (Å²) in [6.07, 6.45) is 4.80. The number of carbonyl (C=O) groups is 1. The van der Waals surface area contributed by atoms with Crippen molar-refractivity contribution in [3.63, 3.8) is 0 Å². The van der Waals surface area contributed by atoms with Gasteiger partial charge in [-0.3, -0.25) is 9.89 Å². The van der Waals surface area contributed by atoms with Gasteiger partial charge in [0.1, 0.15) is 5.75 Å². The van der Waals surface area contributed by atoms with Crippen molar-refractivity contribution in [2.24, 2.45) is 5.92 Å². The Bertz CT molecular complexity index is 739. The molecular formula is C20H25N3O2. The van der Waals surface area contributed by atoms with Crippen molar-refractivity contribution in [3.05, 3.63) is 47.3 Å². The Morgan fingerprint density at radius 1 is 1.28 bits per heavy atom. The molecule has 2 aliphatic rings. The molecule has 1 fully saturated rings. The molecule has 1 aromatic carbocycles. The van der Waals surface area contributed by atoms with Gasteiger partial charge in [0.15, 0.2) is 0 Å². The van der Waals surface area contributed by atoms with Crippen LogP contribution in [0.3, 0.4) is 0 Å². The second kappa shape index (κ2) is 6.21. The number of aromatic amines is 1. The summed E-state index contributed by atoms with van der Waals surface area (Å²) in [5.74, 6) is 1.63. The van der Waals surface area contributed by atoms with E-state index in [0.717, 1.165) is 41.8 Å². The van der Waals surface area contributed by atoms with Crippen molar-refractivity contribution >= 4 is 5.91 Å². The Hall–Kier alpha value is -2.30. The van der Waals surface area contributed by atoms with Gasteiger partial charge >= 0.3 is 0 Å². The Kier molecular flexibility index (Phi) is 4.02. The minimum absolute atomic E-state index is 0.249. The first-order valence-corrected chi connectivity index (χ1v) is 9.12. The third kappa shape index (κ3) is 2.81. The van der Waals surface area contributed by atoms with Gasteiger partial charge in [0, 0.05) is 12.1 Å². The number of nitrogens with zero attached hydrogens (tertiary/aromatic N) is 2. The van der Waals surface area contributed by atoms with Crippen molar-refractivity contribution in [3.8, 4) is 5.75 Å². The summed E-state index contributed by atoms with van der Waals surface area (Å²) in [7, 11) is 0. The predicted molar refractivity (Wildman–Crippen MR) is 95.1 cm³/mol. The molecule has 1 aliphatic carbocycles. The summed E-state index contributed by atoms with van der Waals surface area (Å²) in [6, 6.07) is 8.15. The van der Waals surface area contributed by atoms with E-state index in [0.29, 0.717) is 25.6 Å². The van der Waals surface area contributed by atoms with Crippen LogP contribution in [0.2, 0.25) is 0 Å². The molecule has 0 saturated heterocycles. The van der Waals surface area contributed by atoms with Crippen LogP contribution in [0.4, 0.5) is 0 Å². The van der Waals surface area contributed by atoms with Gasteiger partial charge < -0.3 is 9.64 Å². The number of hydrogen-bond acceptors (Lipinski definition) is 3. The van der Waals surface area contributed by atoms with E-state index in [1.54, 1.807) is 0 Å². The van der Waals surface area contributed by atoms with E-state index in [-0.39, 0.29) is 11.3 Å². The molecule has 1 N–H and O–H groups in total. The van der Waals surface area contributed by atoms with Gasteiger partial charge in [0.2, 0.25) is 5.91 Å². The fourth-order valence-corrected chi connectivity index (χ4v) is 3.80. The van der Waals surface area contributed by atoms with Crippen LogP contribution in [0.5, 0.6) is 5.75 Å². The molecule has 2 heterocycles. The molecule has 4 rings (SSSR count). The van der Waals surface area contributed by atoms with Crippen LogP contribution < -0.4 is 4.74 Å². The molecule has 0 spiro atoms. The summed E-state index contributed by atoms with van der Waals surface area (Å²) >= 11 is 0. The van der Waals surface area contributed by atoms with E-state index in [1.807, 2.05) is 23.2 Å². The first kappa shape index (κ1) is 16.2. The Balaban J connectivity index is 1.51. The first-order chi connectivity index (χ1) is 12.1. The van der Waals surface area contributed by atoms with Crippen LogP contribution in [0.15, 0.2) is 30.5 Å². The number of nitrogens with one attached hydrogen (secondary N) is 1. The Morgan fingerprint density at radius 3 is 2.64 bits per heavy atom. The monoisotopic (exact) mass is 339 g/mol. The highest BCUT2D eigenvalue weighted by atomic mass is 16.5. The van der Waals surface area contributed by atoms with E-state index >= 15 is 0 Å². The Morgan fingerprint density at radius 2 is 2.04 bits per heavy atom. The average molecular weight is 339 g/mol. The number of aromatic nitrogens is 2. The third-order valence-corrected chi connectivity index (χ3v) is 5.41. The van der Waals surface area contributed by atoms with Gasteiger partial charge in [-0.15, -0.1) is 0 Å². The topological polar surface area (TPSA) is 58.2 Å². The summed E-state index contributed by atoms with van der Waals surface area (Å²) in [4.78, 5) is 15.2. The number of ether oxygens (including phenoxy) is 1. The second-order valence-corrected chi connectivity index (χ2v) is 7.70. The maximum Gasteiger partial charge on any atom is 0.233 e. The number of rotatable bonds is 5. The Labute approximate surface area is 148 Å². The number of amides is 1. The van der Waals surface area contributed by atoms with Crippen molar-refractivity contribution in [1.29, 1.82) is 0 Å². The highest BCUT2D eigenvalue weighted by Gasteiger charge is 2.48. The molecule has 25 heavy (non-hydrogen) atoms. The summed E-state index contributed by atoms with van der Waals surface area (Å²) in [5.41, 5.74) is 2.97. The number of carbonyl (C=O) groups excluding carboxylic acids is 1. The van der Waals surface area contributed by atoms with Crippen molar-refractivity contribution < 1.29 is 9.53 Å². The van der Waals surface area contributed by atoms with Gasteiger partial charge in [-0.1, -0.05) is 32.4 Å². The van der Waals surface area contributed by atoms with E-state index in [9.17, 15) is 4.79 Å². The van der Waals surface area contributed by atoms with Gasteiger partial charge in [-0.2, -0.15) is 5.10 Å². The molecule has 5 nitrogen and oxygen atoms in total. The molecule has 0 unspecified atom stereocenters. The SMILES string of the molecule is CC(C)COc1ccc(C2(C(=O)N3Cc4cn[nH]c4C3)CCC2)cc1. The van der Waals surface area contributed by atoms with E-state index in [2.05, 4.69) is 36.2 Å². The molecule has 0 radical (unpaired) electrons. The zero-order valence-electron chi connectivity index (χ0n) is 14.9. The van der Waals surface area contributed by atoms with Gasteiger partial charge in [0.05, 0.1) is 30.5 Å². The molecule has 0 bridgehead atoms. The standard InChI is InChI=1S/C20H25N3O2/c1-14(2)13-25-17-6-4-16(5-7-17)20(8-3-9-20)19(24)23-11-15-10-21-22-18(15)12-23/h4-7,10,14H,3,8-9,11-13H2,1-2H3,(H,21,22). The zero-order valence-corrected chi connectivity index (χ0v) is 14.9. The lowest BCUT2D eigenvalue weighted by atomic mass is 9.63. The fraction of sp³-hybridized carbons (Fsp3) is 0.500. The van der Waals surface area contributed by atoms with Crippen LogP contribution in [0.25, 0.3) is 0 Å². The van der Waals surface area contributed by atoms with Crippen LogP contribution >= 0.6 is 0 Å². The zero-order chi connectivity index (χ0) is 17.4. The van der Waals surface area contributed by atoms with Crippen LogP contribution in [0.1, 0.15) is 49.9 Å². The molecule has 5 heteroatoms. The molecule has 1 aromatic heterocycles. The van der Waals surface area contributed by atoms with Gasteiger partial charge in [-0.05, 0) is 36.5 Å². The van der Waals surface area contributed by atoms with Gasteiger partial charge in [0.25, 0.3) is 0 Å². The largest absolute Gasteiger partial charge is 0.493 e. The lowest BCUT2D eigenvalue weighted by Crippen LogP contribution is -2.49.